The zero-order valence-corrected chi connectivity index (χ0v) is 7.77. The summed E-state index contributed by atoms with van der Waals surface area (Å²) in [5.74, 6) is -0.485. The first kappa shape index (κ1) is 9.18. The van der Waals surface area contributed by atoms with E-state index in [0.29, 0.717) is 11.3 Å². The fourth-order valence-electron chi connectivity index (χ4n) is 1.77. The minimum Gasteiger partial charge on any atom is -0.392 e. The number of para-hydroxylation sites is 1. The van der Waals surface area contributed by atoms with Crippen LogP contribution in [0.5, 0.6) is 0 Å². The second-order valence-corrected chi connectivity index (χ2v) is 3.40. The Balaban J connectivity index is 2.65. The van der Waals surface area contributed by atoms with Gasteiger partial charge in [-0.25, -0.2) is 0 Å². The van der Waals surface area contributed by atoms with Gasteiger partial charge in [0.25, 0.3) is 5.91 Å². The van der Waals surface area contributed by atoms with E-state index in [4.69, 9.17) is 5.11 Å². The predicted octanol–water partition coefficient (Wildman–Crippen LogP) is -0.157. The number of anilines is 1. The molecule has 0 fully saturated rings. The Hall–Kier alpha value is -1.39. The van der Waals surface area contributed by atoms with Crippen molar-refractivity contribution in [1.82, 2.24) is 0 Å². The Labute approximate surface area is 81.4 Å². The number of carbonyl (C=O) groups is 1. The topological polar surface area (TPSA) is 60.8 Å². The Morgan fingerprint density at radius 3 is 2.71 bits per heavy atom. The highest BCUT2D eigenvalue weighted by Gasteiger charge is 2.47. The molecule has 2 rings (SSSR count). The van der Waals surface area contributed by atoms with Gasteiger partial charge in [0.2, 0.25) is 0 Å². The quantitative estimate of drug-likeness (QED) is 0.651. The number of aliphatic hydroxyl groups excluding tert-OH is 1. The Bertz CT molecular complexity index is 391. The lowest BCUT2D eigenvalue weighted by molar-refractivity contribution is -0.139. The number of aliphatic hydroxyl groups is 2. The minimum atomic E-state index is -1.76. The molecule has 0 aliphatic carbocycles. The standard InChI is InChI=1S/C10H11NO3/c1-11-8-5-3-2-4-7(8)10(14,6-12)9(11)13/h2-5,12,14H,6H2,1H3/t10-/m0/s1. The lowest BCUT2D eigenvalue weighted by Gasteiger charge is -2.18. The smallest absolute Gasteiger partial charge is 0.265 e. The number of nitrogens with zero attached hydrogens (tertiary/aromatic N) is 1. The van der Waals surface area contributed by atoms with Crippen molar-refractivity contribution in [3.05, 3.63) is 29.8 Å². The van der Waals surface area contributed by atoms with E-state index in [0.717, 1.165) is 0 Å². The summed E-state index contributed by atoms with van der Waals surface area (Å²) >= 11 is 0. The molecule has 1 atom stereocenters. The van der Waals surface area contributed by atoms with Gasteiger partial charge in [-0.05, 0) is 6.07 Å². The normalized spacial score (nSPS) is 25.4. The van der Waals surface area contributed by atoms with Gasteiger partial charge in [-0.2, -0.15) is 0 Å². The van der Waals surface area contributed by atoms with Gasteiger partial charge in [-0.15, -0.1) is 0 Å². The molecule has 4 nitrogen and oxygen atoms in total. The van der Waals surface area contributed by atoms with Crippen molar-refractivity contribution in [2.24, 2.45) is 0 Å². The van der Waals surface area contributed by atoms with Crippen LogP contribution in [0.3, 0.4) is 0 Å². The van der Waals surface area contributed by atoms with Crippen LogP contribution < -0.4 is 4.90 Å². The molecule has 2 N–H and O–H groups in total. The van der Waals surface area contributed by atoms with E-state index in [-0.39, 0.29) is 0 Å². The summed E-state index contributed by atoms with van der Waals surface area (Å²) < 4.78 is 0. The Morgan fingerprint density at radius 2 is 2.07 bits per heavy atom. The van der Waals surface area contributed by atoms with Gasteiger partial charge in [0, 0.05) is 12.6 Å². The first-order chi connectivity index (χ1) is 6.61. The molecule has 1 amide bonds. The van der Waals surface area contributed by atoms with Gasteiger partial charge in [0.05, 0.1) is 12.3 Å². The average Bonchev–Trinajstić information content (AvgIpc) is 2.43. The molecule has 14 heavy (non-hydrogen) atoms. The second kappa shape index (κ2) is 2.80. The fourth-order valence-corrected chi connectivity index (χ4v) is 1.77. The number of rotatable bonds is 1. The van der Waals surface area contributed by atoms with E-state index in [1.165, 1.54) is 4.90 Å². The molecule has 0 saturated heterocycles. The number of amides is 1. The van der Waals surface area contributed by atoms with Gasteiger partial charge in [0.15, 0.2) is 5.60 Å². The first-order valence-electron chi connectivity index (χ1n) is 4.32. The molecule has 1 heterocycles. The van der Waals surface area contributed by atoms with Crippen molar-refractivity contribution in [2.75, 3.05) is 18.6 Å². The SMILES string of the molecule is CN1C(=O)[C@](O)(CO)c2ccccc21. The lowest BCUT2D eigenvalue weighted by atomic mass is 9.97. The number of likely N-dealkylation sites (N-methyl/N-ethyl adjacent to an activating group) is 1. The third-order valence-electron chi connectivity index (χ3n) is 2.60. The van der Waals surface area contributed by atoms with E-state index in [1.54, 1.807) is 31.3 Å². The highest BCUT2D eigenvalue weighted by Crippen LogP contribution is 2.38. The predicted molar refractivity (Wildman–Crippen MR) is 50.8 cm³/mol. The summed E-state index contributed by atoms with van der Waals surface area (Å²) in [5.41, 5.74) is -0.644. The van der Waals surface area contributed by atoms with Crippen LogP contribution in [0.25, 0.3) is 0 Å². The lowest BCUT2D eigenvalue weighted by Crippen LogP contribution is -2.41. The molecule has 1 aliphatic rings. The van der Waals surface area contributed by atoms with Gasteiger partial charge in [0.1, 0.15) is 0 Å². The van der Waals surface area contributed by atoms with E-state index in [2.05, 4.69) is 0 Å². The number of fused-ring (bicyclic) bond motifs is 1. The van der Waals surface area contributed by atoms with Gasteiger partial charge in [-0.1, -0.05) is 18.2 Å². The summed E-state index contributed by atoms with van der Waals surface area (Å²) in [5, 5.41) is 19.0. The van der Waals surface area contributed by atoms with Gasteiger partial charge in [-0.3, -0.25) is 4.79 Å². The van der Waals surface area contributed by atoms with Crippen molar-refractivity contribution >= 4 is 11.6 Å². The summed E-state index contributed by atoms with van der Waals surface area (Å²) in [6.45, 7) is -0.590. The van der Waals surface area contributed by atoms with Gasteiger partial charge >= 0.3 is 0 Å². The molecular weight excluding hydrogens is 182 g/mol. The number of carbonyl (C=O) groups excluding carboxylic acids is 1. The number of hydrogen-bond acceptors (Lipinski definition) is 3. The zero-order valence-electron chi connectivity index (χ0n) is 7.77. The second-order valence-electron chi connectivity index (χ2n) is 3.40. The van der Waals surface area contributed by atoms with Crippen molar-refractivity contribution in [2.45, 2.75) is 5.60 Å². The van der Waals surface area contributed by atoms with E-state index in [9.17, 15) is 9.90 Å². The zero-order chi connectivity index (χ0) is 10.3. The molecule has 0 radical (unpaired) electrons. The van der Waals surface area contributed by atoms with Crippen molar-refractivity contribution < 1.29 is 15.0 Å². The van der Waals surface area contributed by atoms with E-state index < -0.39 is 18.1 Å². The van der Waals surface area contributed by atoms with Crippen LogP contribution in [0, 0.1) is 0 Å². The van der Waals surface area contributed by atoms with Crippen molar-refractivity contribution in [3.63, 3.8) is 0 Å². The largest absolute Gasteiger partial charge is 0.392 e. The highest BCUT2D eigenvalue weighted by atomic mass is 16.3. The molecule has 0 bridgehead atoms. The molecular formula is C10H11NO3. The van der Waals surface area contributed by atoms with Crippen molar-refractivity contribution in [3.8, 4) is 0 Å². The molecule has 4 heteroatoms. The molecule has 0 spiro atoms. The molecule has 74 valence electrons. The summed E-state index contributed by atoms with van der Waals surface area (Å²) in [6, 6.07) is 6.89. The average molecular weight is 193 g/mol. The maximum Gasteiger partial charge on any atom is 0.265 e. The monoisotopic (exact) mass is 193 g/mol. The fraction of sp³-hybridized carbons (Fsp3) is 0.300. The maximum absolute atomic E-state index is 11.6. The third-order valence-corrected chi connectivity index (χ3v) is 2.60. The summed E-state index contributed by atoms with van der Waals surface area (Å²) in [6.07, 6.45) is 0. The van der Waals surface area contributed by atoms with Gasteiger partial charge < -0.3 is 15.1 Å². The molecule has 1 aromatic rings. The maximum atomic E-state index is 11.6. The molecule has 1 aliphatic heterocycles. The third kappa shape index (κ3) is 0.921. The van der Waals surface area contributed by atoms with Crippen molar-refractivity contribution in [1.29, 1.82) is 0 Å². The highest BCUT2D eigenvalue weighted by molar-refractivity contribution is 6.06. The first-order valence-corrected chi connectivity index (χ1v) is 4.32. The Morgan fingerprint density at radius 1 is 1.43 bits per heavy atom. The van der Waals surface area contributed by atoms with E-state index >= 15 is 0 Å². The van der Waals surface area contributed by atoms with Crippen LogP contribution >= 0.6 is 0 Å². The van der Waals surface area contributed by atoms with Crippen LogP contribution in [0.1, 0.15) is 5.56 Å². The summed E-state index contributed by atoms with van der Waals surface area (Å²) in [4.78, 5) is 13.0. The molecule has 0 unspecified atom stereocenters. The number of hydrogen-bond donors (Lipinski definition) is 2. The summed E-state index contributed by atoms with van der Waals surface area (Å²) in [7, 11) is 1.58. The van der Waals surface area contributed by atoms with Crippen LogP contribution in [-0.4, -0.2) is 29.8 Å². The molecule has 0 saturated carbocycles. The van der Waals surface area contributed by atoms with Crippen LogP contribution in [-0.2, 0) is 10.4 Å². The molecule has 1 aromatic carbocycles. The Kier molecular flexibility index (Phi) is 1.83. The molecule has 0 aromatic heterocycles. The van der Waals surface area contributed by atoms with E-state index in [1.807, 2.05) is 0 Å². The minimum absolute atomic E-state index is 0.468. The van der Waals surface area contributed by atoms with Crippen LogP contribution in [0.15, 0.2) is 24.3 Å². The van der Waals surface area contributed by atoms with Crippen LogP contribution in [0.2, 0.25) is 0 Å². The number of benzene rings is 1. The van der Waals surface area contributed by atoms with Crippen LogP contribution in [0.4, 0.5) is 5.69 Å².